The summed E-state index contributed by atoms with van der Waals surface area (Å²) in [6.07, 6.45) is 5.74. The molecule has 136 valence electrons. The lowest BCUT2D eigenvalue weighted by atomic mass is 9.95. The maximum Gasteiger partial charge on any atom is 0.227 e. The van der Waals surface area contributed by atoms with Crippen LogP contribution in [0.2, 0.25) is 0 Å². The second-order valence-electron chi connectivity index (χ2n) is 6.46. The summed E-state index contributed by atoms with van der Waals surface area (Å²) in [6.45, 7) is 4.15. The van der Waals surface area contributed by atoms with Crippen LogP contribution in [0.4, 0.5) is 11.6 Å². The molecule has 1 aromatic heterocycles. The van der Waals surface area contributed by atoms with Gasteiger partial charge in [0.15, 0.2) is 0 Å². The Balaban J connectivity index is 1.80. The van der Waals surface area contributed by atoms with E-state index < -0.39 is 0 Å². The summed E-state index contributed by atoms with van der Waals surface area (Å²) in [5.74, 6) is 0.520. The van der Waals surface area contributed by atoms with E-state index in [4.69, 9.17) is 10.5 Å². The third kappa shape index (κ3) is 4.60. The fourth-order valence-corrected chi connectivity index (χ4v) is 3.03. The van der Waals surface area contributed by atoms with Crippen molar-refractivity contribution in [2.45, 2.75) is 20.3 Å². The molecule has 5 nitrogen and oxygen atoms in total. The number of nitrogens with zero attached hydrogens (tertiary/aromatic N) is 4. The standard InChI is InChI=1S/C23H19N5/c1-16-12-19(4-3-10-24)13-17(2)22(16)14-21-9-11-26-23(28-21)27-20-7-5-18(15-25)6-8-20/h3-9,11-13H,14H2,1-2H3,(H,26,27,28)/b4-3+. The maximum atomic E-state index is 8.89. The van der Waals surface area contributed by atoms with Crippen molar-refractivity contribution >= 4 is 17.7 Å². The van der Waals surface area contributed by atoms with E-state index in [0.29, 0.717) is 17.9 Å². The van der Waals surface area contributed by atoms with Crippen molar-refractivity contribution in [3.8, 4) is 12.1 Å². The van der Waals surface area contributed by atoms with Crippen molar-refractivity contribution in [1.82, 2.24) is 9.97 Å². The lowest BCUT2D eigenvalue weighted by Crippen LogP contribution is -2.03. The maximum absolute atomic E-state index is 8.89. The van der Waals surface area contributed by atoms with E-state index in [1.54, 1.807) is 18.3 Å². The number of nitriles is 2. The zero-order valence-electron chi connectivity index (χ0n) is 15.8. The van der Waals surface area contributed by atoms with Gasteiger partial charge in [-0.1, -0.05) is 12.1 Å². The molecular weight excluding hydrogens is 346 g/mol. The van der Waals surface area contributed by atoms with Gasteiger partial charge >= 0.3 is 0 Å². The van der Waals surface area contributed by atoms with Crippen LogP contribution in [0.15, 0.2) is 54.7 Å². The Morgan fingerprint density at radius 1 is 1.04 bits per heavy atom. The van der Waals surface area contributed by atoms with E-state index in [1.165, 1.54) is 11.6 Å². The summed E-state index contributed by atoms with van der Waals surface area (Å²) in [4.78, 5) is 8.90. The molecule has 0 spiro atoms. The Kier molecular flexibility index (Phi) is 5.79. The van der Waals surface area contributed by atoms with Gasteiger partial charge in [0, 0.05) is 24.4 Å². The Bertz CT molecular complexity index is 1080. The fraction of sp³-hybridized carbons (Fsp3) is 0.130. The van der Waals surface area contributed by atoms with Gasteiger partial charge in [-0.25, -0.2) is 9.97 Å². The molecule has 2 aromatic carbocycles. The van der Waals surface area contributed by atoms with Crippen molar-refractivity contribution in [2.24, 2.45) is 0 Å². The summed E-state index contributed by atoms with van der Waals surface area (Å²) in [5, 5.41) is 20.8. The molecule has 0 aliphatic rings. The molecule has 0 aliphatic carbocycles. The number of nitrogens with one attached hydrogen (secondary N) is 1. The molecule has 0 bridgehead atoms. The second-order valence-corrected chi connectivity index (χ2v) is 6.46. The molecule has 1 heterocycles. The molecule has 3 rings (SSSR count). The van der Waals surface area contributed by atoms with Crippen molar-refractivity contribution in [2.75, 3.05) is 5.32 Å². The van der Waals surface area contributed by atoms with Gasteiger partial charge in [0.2, 0.25) is 5.95 Å². The first-order valence-corrected chi connectivity index (χ1v) is 8.84. The summed E-state index contributed by atoms with van der Waals surface area (Å²) in [6, 6.07) is 17.3. The predicted octanol–water partition coefficient (Wildman–Crippen LogP) is 4.84. The minimum atomic E-state index is 0.520. The van der Waals surface area contributed by atoms with E-state index in [-0.39, 0.29) is 0 Å². The van der Waals surface area contributed by atoms with E-state index in [0.717, 1.165) is 28.1 Å². The van der Waals surface area contributed by atoms with Gasteiger partial charge in [-0.05, 0) is 72.5 Å². The third-order valence-electron chi connectivity index (χ3n) is 4.41. The SMILES string of the molecule is Cc1cc(/C=C/C#N)cc(C)c1Cc1ccnc(Nc2ccc(C#N)cc2)n1. The van der Waals surface area contributed by atoms with Crippen LogP contribution in [0.1, 0.15) is 33.5 Å². The summed E-state index contributed by atoms with van der Waals surface area (Å²) in [7, 11) is 0. The number of hydrogen-bond donors (Lipinski definition) is 1. The Hall–Kier alpha value is -3.96. The molecule has 0 amide bonds. The molecule has 0 atom stereocenters. The highest BCUT2D eigenvalue weighted by molar-refractivity contribution is 5.57. The molecule has 28 heavy (non-hydrogen) atoms. The number of anilines is 2. The normalized spacial score (nSPS) is 10.4. The van der Waals surface area contributed by atoms with E-state index in [2.05, 4.69) is 47.3 Å². The largest absolute Gasteiger partial charge is 0.324 e. The average Bonchev–Trinajstić information content (AvgIpc) is 2.70. The highest BCUT2D eigenvalue weighted by Crippen LogP contribution is 2.21. The van der Waals surface area contributed by atoms with Gasteiger partial charge in [0.05, 0.1) is 23.4 Å². The van der Waals surface area contributed by atoms with Gasteiger partial charge in [-0.15, -0.1) is 0 Å². The van der Waals surface area contributed by atoms with Crippen molar-refractivity contribution in [1.29, 1.82) is 10.5 Å². The smallest absolute Gasteiger partial charge is 0.227 e. The van der Waals surface area contributed by atoms with Crippen molar-refractivity contribution in [3.63, 3.8) is 0 Å². The first kappa shape index (κ1) is 18.8. The number of aromatic nitrogens is 2. The van der Waals surface area contributed by atoms with Crippen molar-refractivity contribution < 1.29 is 0 Å². The molecule has 0 fully saturated rings. The van der Waals surface area contributed by atoms with Crippen LogP contribution in [0.5, 0.6) is 0 Å². The van der Waals surface area contributed by atoms with E-state index in [1.807, 2.05) is 30.3 Å². The molecule has 5 heteroatoms. The fourth-order valence-electron chi connectivity index (χ4n) is 3.03. The van der Waals surface area contributed by atoms with Gasteiger partial charge in [0.25, 0.3) is 0 Å². The molecule has 0 aliphatic heterocycles. The molecule has 1 N–H and O–H groups in total. The van der Waals surface area contributed by atoms with Crippen LogP contribution >= 0.6 is 0 Å². The quantitative estimate of drug-likeness (QED) is 0.654. The summed E-state index contributed by atoms with van der Waals surface area (Å²) in [5.41, 5.74) is 6.92. The molecule has 0 saturated carbocycles. The van der Waals surface area contributed by atoms with Crippen LogP contribution in [0, 0.1) is 36.5 Å². The molecule has 3 aromatic rings. The minimum Gasteiger partial charge on any atom is -0.324 e. The van der Waals surface area contributed by atoms with Gasteiger partial charge in [0.1, 0.15) is 0 Å². The number of rotatable bonds is 5. The van der Waals surface area contributed by atoms with Crippen LogP contribution < -0.4 is 5.32 Å². The zero-order chi connectivity index (χ0) is 19.9. The lowest BCUT2D eigenvalue weighted by Gasteiger charge is -2.12. The highest BCUT2D eigenvalue weighted by Gasteiger charge is 2.08. The third-order valence-corrected chi connectivity index (χ3v) is 4.41. The van der Waals surface area contributed by atoms with E-state index >= 15 is 0 Å². The topological polar surface area (TPSA) is 85.4 Å². The number of aryl methyl sites for hydroxylation is 2. The predicted molar refractivity (Wildman–Crippen MR) is 110 cm³/mol. The summed E-state index contributed by atoms with van der Waals surface area (Å²) < 4.78 is 0. The molecule has 0 unspecified atom stereocenters. The minimum absolute atomic E-state index is 0.520. The van der Waals surface area contributed by atoms with Gasteiger partial charge < -0.3 is 5.32 Å². The zero-order valence-corrected chi connectivity index (χ0v) is 15.8. The Morgan fingerprint density at radius 3 is 2.39 bits per heavy atom. The first-order chi connectivity index (χ1) is 13.6. The molecule has 0 saturated heterocycles. The van der Waals surface area contributed by atoms with Gasteiger partial charge in [-0.2, -0.15) is 10.5 Å². The van der Waals surface area contributed by atoms with Crippen LogP contribution in [-0.4, -0.2) is 9.97 Å². The monoisotopic (exact) mass is 365 g/mol. The first-order valence-electron chi connectivity index (χ1n) is 8.84. The second kappa shape index (κ2) is 8.62. The van der Waals surface area contributed by atoms with Crippen LogP contribution in [-0.2, 0) is 6.42 Å². The van der Waals surface area contributed by atoms with Crippen molar-refractivity contribution in [3.05, 3.63) is 88.2 Å². The molecule has 0 radical (unpaired) electrons. The number of hydrogen-bond acceptors (Lipinski definition) is 5. The lowest BCUT2D eigenvalue weighted by molar-refractivity contribution is 1.01. The van der Waals surface area contributed by atoms with Crippen LogP contribution in [0.3, 0.4) is 0 Å². The highest BCUT2D eigenvalue weighted by atomic mass is 15.1. The van der Waals surface area contributed by atoms with Gasteiger partial charge in [-0.3, -0.25) is 0 Å². The molecular formula is C23H19N5. The van der Waals surface area contributed by atoms with E-state index in [9.17, 15) is 0 Å². The number of allylic oxidation sites excluding steroid dienone is 1. The summed E-state index contributed by atoms with van der Waals surface area (Å²) >= 11 is 0. The average molecular weight is 365 g/mol. The van der Waals surface area contributed by atoms with Crippen LogP contribution in [0.25, 0.3) is 6.08 Å². The Morgan fingerprint density at radius 2 is 1.75 bits per heavy atom. The number of benzene rings is 2. The Labute approximate surface area is 164 Å².